The summed E-state index contributed by atoms with van der Waals surface area (Å²) in [5, 5.41) is 15.2. The van der Waals surface area contributed by atoms with Crippen LogP contribution in [0.3, 0.4) is 0 Å². The Hall–Kier alpha value is -3.56. The van der Waals surface area contributed by atoms with Crippen LogP contribution in [-0.4, -0.2) is 67.1 Å². The zero-order chi connectivity index (χ0) is 24.7. The van der Waals surface area contributed by atoms with E-state index in [4.69, 9.17) is 4.74 Å². The van der Waals surface area contributed by atoms with Gasteiger partial charge in [-0.25, -0.2) is 9.78 Å². The summed E-state index contributed by atoms with van der Waals surface area (Å²) in [5.74, 6) is 0.151. The fourth-order valence-electron chi connectivity index (χ4n) is 5.10. The monoisotopic (exact) mass is 479 g/mol. The first-order valence-electron chi connectivity index (χ1n) is 11.9. The number of aromatic nitrogens is 5. The van der Waals surface area contributed by atoms with Gasteiger partial charge in [0.1, 0.15) is 11.3 Å². The van der Waals surface area contributed by atoms with Crippen LogP contribution in [0.2, 0.25) is 0 Å². The molecule has 2 bridgehead atoms. The molecule has 35 heavy (non-hydrogen) atoms. The fraction of sp³-hybridized carbons (Fsp3) is 0.480. The summed E-state index contributed by atoms with van der Waals surface area (Å²) >= 11 is 0. The molecule has 0 aromatic carbocycles. The standard InChI is InChI=1S/C25H30FN7O2/c1-25(2,3)35-24(34)33-16-5-6-17(33)12-18(11-16)32(4)22-10-9-21(30-31-22)20-8-7-19(23(26)29-20)15-13-27-28-14-15/h7-10,13-14,16-18H,5-6,11-12H2,1-4H3,(H,27,28)/t16-,17?,18?/m1/s1. The number of anilines is 1. The van der Waals surface area contributed by atoms with Gasteiger partial charge < -0.3 is 14.5 Å². The van der Waals surface area contributed by atoms with Gasteiger partial charge in [-0.2, -0.15) is 9.49 Å². The second-order valence-corrected chi connectivity index (χ2v) is 10.3. The maximum Gasteiger partial charge on any atom is 0.410 e. The highest BCUT2D eigenvalue weighted by Gasteiger charge is 2.45. The number of piperidine rings is 1. The summed E-state index contributed by atoms with van der Waals surface area (Å²) in [4.78, 5) is 20.9. The van der Waals surface area contributed by atoms with E-state index in [0.29, 0.717) is 22.5 Å². The van der Waals surface area contributed by atoms with Crippen molar-refractivity contribution in [2.24, 2.45) is 0 Å². The Morgan fingerprint density at radius 3 is 2.40 bits per heavy atom. The number of halogens is 1. The van der Waals surface area contributed by atoms with Gasteiger partial charge in [-0.3, -0.25) is 5.10 Å². The zero-order valence-corrected chi connectivity index (χ0v) is 20.4. The first-order chi connectivity index (χ1) is 16.7. The van der Waals surface area contributed by atoms with Crippen LogP contribution < -0.4 is 4.90 Å². The van der Waals surface area contributed by atoms with E-state index in [1.54, 1.807) is 24.5 Å². The molecule has 2 saturated heterocycles. The average Bonchev–Trinajstić information content (AvgIpc) is 3.44. The maximum atomic E-state index is 14.6. The van der Waals surface area contributed by atoms with Crippen molar-refractivity contribution >= 4 is 11.9 Å². The van der Waals surface area contributed by atoms with Crippen molar-refractivity contribution < 1.29 is 13.9 Å². The Morgan fingerprint density at radius 1 is 1.11 bits per heavy atom. The minimum atomic E-state index is -0.584. The second kappa shape index (κ2) is 8.90. The molecule has 5 heterocycles. The van der Waals surface area contributed by atoms with E-state index in [1.807, 2.05) is 44.9 Å². The van der Waals surface area contributed by atoms with Crippen LogP contribution in [0.5, 0.6) is 0 Å². The van der Waals surface area contributed by atoms with E-state index in [1.165, 1.54) is 0 Å². The molecule has 0 spiro atoms. The summed E-state index contributed by atoms with van der Waals surface area (Å²) in [6.45, 7) is 5.69. The van der Waals surface area contributed by atoms with Crippen LogP contribution in [-0.2, 0) is 4.74 Å². The Kier molecular flexibility index (Phi) is 5.90. The van der Waals surface area contributed by atoms with Crippen molar-refractivity contribution in [1.29, 1.82) is 0 Å². The van der Waals surface area contributed by atoms with Gasteiger partial charge in [-0.05, 0) is 70.7 Å². The number of H-pyrrole nitrogens is 1. The average molecular weight is 480 g/mol. The summed E-state index contributed by atoms with van der Waals surface area (Å²) < 4.78 is 20.2. The molecule has 3 aromatic rings. The predicted octanol–water partition coefficient (Wildman–Crippen LogP) is 4.43. The first-order valence-corrected chi connectivity index (χ1v) is 11.9. The molecule has 184 valence electrons. The summed E-state index contributed by atoms with van der Waals surface area (Å²) in [6.07, 6.45) is 6.66. The lowest BCUT2D eigenvalue weighted by molar-refractivity contribution is 0.00597. The van der Waals surface area contributed by atoms with Gasteiger partial charge in [0.2, 0.25) is 5.95 Å². The lowest BCUT2D eigenvalue weighted by Crippen LogP contribution is -2.53. The summed E-state index contributed by atoms with van der Waals surface area (Å²) in [5.41, 5.74) is 1.42. The molecule has 2 aliphatic heterocycles. The van der Waals surface area contributed by atoms with E-state index in [0.717, 1.165) is 31.5 Å². The van der Waals surface area contributed by atoms with E-state index >= 15 is 0 Å². The number of hydrogen-bond donors (Lipinski definition) is 1. The van der Waals surface area contributed by atoms with Crippen molar-refractivity contribution in [2.75, 3.05) is 11.9 Å². The van der Waals surface area contributed by atoms with Gasteiger partial charge in [0.05, 0.1) is 11.9 Å². The molecule has 2 fully saturated rings. The number of fused-ring (bicyclic) bond motifs is 2. The highest BCUT2D eigenvalue weighted by Crippen LogP contribution is 2.39. The molecular formula is C25H30FN7O2. The third kappa shape index (κ3) is 4.69. The quantitative estimate of drug-likeness (QED) is 0.553. The molecule has 3 atom stereocenters. The lowest BCUT2D eigenvalue weighted by atomic mass is 9.96. The minimum Gasteiger partial charge on any atom is -0.444 e. The van der Waals surface area contributed by atoms with Crippen molar-refractivity contribution in [1.82, 2.24) is 30.3 Å². The lowest BCUT2D eigenvalue weighted by Gasteiger charge is -2.42. The van der Waals surface area contributed by atoms with E-state index in [2.05, 4.69) is 30.3 Å². The van der Waals surface area contributed by atoms with Crippen molar-refractivity contribution in [3.05, 3.63) is 42.6 Å². The third-order valence-corrected chi connectivity index (χ3v) is 6.79. The van der Waals surface area contributed by atoms with Gasteiger partial charge >= 0.3 is 6.09 Å². The molecular weight excluding hydrogens is 449 g/mol. The van der Waals surface area contributed by atoms with E-state index in [-0.39, 0.29) is 24.2 Å². The van der Waals surface area contributed by atoms with E-state index in [9.17, 15) is 9.18 Å². The van der Waals surface area contributed by atoms with Gasteiger partial charge in [0, 0.05) is 42.5 Å². The normalized spacial score (nSPS) is 21.7. The van der Waals surface area contributed by atoms with Crippen molar-refractivity contribution in [2.45, 2.75) is 70.2 Å². The third-order valence-electron chi connectivity index (χ3n) is 6.79. The maximum absolute atomic E-state index is 14.6. The number of carbonyl (C=O) groups is 1. The number of hydrogen-bond acceptors (Lipinski definition) is 7. The molecule has 2 aliphatic rings. The van der Waals surface area contributed by atoms with Crippen LogP contribution >= 0.6 is 0 Å². The van der Waals surface area contributed by atoms with Crippen molar-refractivity contribution in [3.8, 4) is 22.5 Å². The molecule has 10 heteroatoms. The zero-order valence-electron chi connectivity index (χ0n) is 20.4. The molecule has 5 rings (SSSR count). The minimum absolute atomic E-state index is 0.171. The summed E-state index contributed by atoms with van der Waals surface area (Å²) in [6, 6.07) is 7.67. The topological polar surface area (TPSA) is 100 Å². The number of carbonyl (C=O) groups excluding carboxylic acids is 1. The van der Waals surface area contributed by atoms with Gasteiger partial charge in [0.25, 0.3) is 0 Å². The second-order valence-electron chi connectivity index (χ2n) is 10.3. The van der Waals surface area contributed by atoms with Gasteiger partial charge in [0.15, 0.2) is 5.82 Å². The fourth-order valence-corrected chi connectivity index (χ4v) is 5.10. The Morgan fingerprint density at radius 2 is 1.83 bits per heavy atom. The van der Waals surface area contributed by atoms with E-state index < -0.39 is 11.5 Å². The molecule has 3 aromatic heterocycles. The van der Waals surface area contributed by atoms with Crippen LogP contribution in [0.15, 0.2) is 36.7 Å². The molecule has 1 N–H and O–H groups in total. The number of pyridine rings is 1. The van der Waals surface area contributed by atoms with Crippen LogP contribution in [0.1, 0.15) is 46.5 Å². The first kappa shape index (κ1) is 23.2. The number of nitrogens with one attached hydrogen (secondary N) is 1. The Labute approximate surface area is 203 Å². The molecule has 0 saturated carbocycles. The number of ether oxygens (including phenoxy) is 1. The van der Waals surface area contributed by atoms with Crippen LogP contribution in [0, 0.1) is 5.95 Å². The molecule has 9 nitrogen and oxygen atoms in total. The smallest absolute Gasteiger partial charge is 0.410 e. The number of nitrogens with zero attached hydrogens (tertiary/aromatic N) is 6. The Balaban J connectivity index is 1.27. The van der Waals surface area contributed by atoms with Gasteiger partial charge in [-0.1, -0.05) is 0 Å². The van der Waals surface area contributed by atoms with Gasteiger partial charge in [-0.15, -0.1) is 10.2 Å². The summed E-state index contributed by atoms with van der Waals surface area (Å²) in [7, 11) is 2.01. The predicted molar refractivity (Wildman–Crippen MR) is 129 cm³/mol. The number of rotatable bonds is 4. The number of amides is 1. The van der Waals surface area contributed by atoms with Crippen molar-refractivity contribution in [3.63, 3.8) is 0 Å². The van der Waals surface area contributed by atoms with Crippen LogP contribution in [0.4, 0.5) is 15.0 Å². The SMILES string of the molecule is CN(c1ccc(-c2ccc(-c3cn[nH]c3)c(F)n2)nn1)C1CC2CC[C@H](C1)N2C(=O)OC(C)(C)C. The molecule has 2 unspecified atom stereocenters. The molecule has 0 radical (unpaired) electrons. The molecule has 1 amide bonds. The highest BCUT2D eigenvalue weighted by molar-refractivity contribution is 5.70. The largest absolute Gasteiger partial charge is 0.444 e. The van der Waals surface area contributed by atoms with Crippen LogP contribution in [0.25, 0.3) is 22.5 Å². The Bertz CT molecular complexity index is 1180. The molecule has 0 aliphatic carbocycles. The number of aromatic amines is 1. The highest BCUT2D eigenvalue weighted by atomic mass is 19.1.